The van der Waals surface area contributed by atoms with E-state index in [4.69, 9.17) is 10.5 Å². The molecule has 1 amide bonds. The van der Waals surface area contributed by atoms with Crippen molar-refractivity contribution >= 4 is 11.6 Å². The molecule has 18 heavy (non-hydrogen) atoms. The largest absolute Gasteiger partial charge is 0.322 e. The molecule has 0 atom stereocenters. The molecule has 88 valence electrons. The zero-order chi connectivity index (χ0) is 13.4. The molecular formula is C14H11N3O. The summed E-state index contributed by atoms with van der Waals surface area (Å²) in [5.74, 6) is -0.290. The maximum absolute atomic E-state index is 11.5. The lowest BCUT2D eigenvalue weighted by atomic mass is 10.1. The average Bonchev–Trinajstić information content (AvgIpc) is 2.39. The molecule has 0 saturated carbocycles. The summed E-state index contributed by atoms with van der Waals surface area (Å²) < 4.78 is 0. The lowest BCUT2D eigenvalue weighted by Gasteiger charge is -2.02. The van der Waals surface area contributed by atoms with Gasteiger partial charge in [-0.3, -0.25) is 4.79 Å². The van der Waals surface area contributed by atoms with Gasteiger partial charge in [-0.05, 0) is 25.1 Å². The van der Waals surface area contributed by atoms with E-state index in [0.717, 1.165) is 0 Å². The molecule has 1 aromatic carbocycles. The number of allylic oxidation sites excluding steroid dienone is 3. The number of hydrogen-bond donors (Lipinski definition) is 1. The Hall–Kier alpha value is -2.85. The molecule has 4 nitrogen and oxygen atoms in total. The number of nitrogens with one attached hydrogen (secondary N) is 1. The highest BCUT2D eigenvalue weighted by molar-refractivity contribution is 5.99. The topological polar surface area (TPSA) is 76.7 Å². The number of nitriles is 2. The summed E-state index contributed by atoms with van der Waals surface area (Å²) in [6.07, 6.45) is 6.53. The fraction of sp³-hybridized carbons (Fsp3) is 0.0714. The minimum atomic E-state index is -0.290. The first-order valence-corrected chi connectivity index (χ1v) is 5.26. The van der Waals surface area contributed by atoms with Gasteiger partial charge in [-0.1, -0.05) is 18.2 Å². The second-order valence-corrected chi connectivity index (χ2v) is 3.36. The molecule has 0 heterocycles. The maximum atomic E-state index is 11.5. The Morgan fingerprint density at radius 3 is 2.56 bits per heavy atom. The quantitative estimate of drug-likeness (QED) is 0.648. The number of hydrogen-bond acceptors (Lipinski definition) is 3. The van der Waals surface area contributed by atoms with E-state index in [2.05, 4.69) is 5.32 Å². The van der Waals surface area contributed by atoms with Crippen LogP contribution in [0.1, 0.15) is 18.1 Å². The highest BCUT2D eigenvalue weighted by atomic mass is 16.1. The van der Waals surface area contributed by atoms with Crippen molar-refractivity contribution < 1.29 is 4.79 Å². The van der Waals surface area contributed by atoms with E-state index in [1.54, 1.807) is 24.3 Å². The van der Waals surface area contributed by atoms with Crippen molar-refractivity contribution in [2.24, 2.45) is 0 Å². The number of amides is 1. The van der Waals surface area contributed by atoms with E-state index in [1.807, 2.05) is 19.1 Å². The van der Waals surface area contributed by atoms with Crippen LogP contribution in [0.15, 0.2) is 42.5 Å². The van der Waals surface area contributed by atoms with Crippen LogP contribution < -0.4 is 5.32 Å². The predicted octanol–water partition coefficient (Wildman–Crippen LogP) is 2.50. The van der Waals surface area contributed by atoms with Crippen molar-refractivity contribution in [3.63, 3.8) is 0 Å². The van der Waals surface area contributed by atoms with Crippen LogP contribution in [0.4, 0.5) is 5.69 Å². The minimum absolute atomic E-state index is 0.243. The van der Waals surface area contributed by atoms with Crippen molar-refractivity contribution in [3.8, 4) is 12.1 Å². The third kappa shape index (κ3) is 3.62. The molecule has 1 rings (SSSR count). The van der Waals surface area contributed by atoms with E-state index in [0.29, 0.717) is 11.3 Å². The van der Waals surface area contributed by atoms with Crippen LogP contribution in [0, 0.1) is 22.7 Å². The van der Waals surface area contributed by atoms with Crippen molar-refractivity contribution in [1.82, 2.24) is 0 Å². The van der Waals surface area contributed by atoms with Gasteiger partial charge in [-0.15, -0.1) is 0 Å². The lowest BCUT2D eigenvalue weighted by molar-refractivity contribution is -0.111. The molecule has 0 aliphatic carbocycles. The zero-order valence-corrected chi connectivity index (χ0v) is 9.84. The van der Waals surface area contributed by atoms with Crippen molar-refractivity contribution in [2.75, 3.05) is 5.32 Å². The molecular weight excluding hydrogens is 226 g/mol. The molecule has 0 saturated heterocycles. The Morgan fingerprint density at radius 2 is 1.94 bits per heavy atom. The van der Waals surface area contributed by atoms with E-state index < -0.39 is 0 Å². The Balaban J connectivity index is 2.84. The molecule has 4 heteroatoms. The molecule has 1 aromatic rings. The summed E-state index contributed by atoms with van der Waals surface area (Å²) in [6.45, 7) is 1.85. The van der Waals surface area contributed by atoms with E-state index in [1.165, 1.54) is 18.2 Å². The molecule has 0 spiro atoms. The van der Waals surface area contributed by atoms with Gasteiger partial charge in [0.25, 0.3) is 0 Å². The fourth-order valence-corrected chi connectivity index (χ4v) is 1.25. The van der Waals surface area contributed by atoms with Gasteiger partial charge in [0.05, 0.1) is 11.1 Å². The third-order valence-corrected chi connectivity index (χ3v) is 2.08. The summed E-state index contributed by atoms with van der Waals surface area (Å²) in [5.41, 5.74) is 1.02. The van der Waals surface area contributed by atoms with Crippen LogP contribution in [0.3, 0.4) is 0 Å². The smallest absolute Gasteiger partial charge is 0.248 e. The number of anilines is 1. The monoisotopic (exact) mass is 237 g/mol. The van der Waals surface area contributed by atoms with E-state index >= 15 is 0 Å². The maximum Gasteiger partial charge on any atom is 0.248 e. The van der Waals surface area contributed by atoms with Crippen molar-refractivity contribution in [2.45, 2.75) is 6.92 Å². The van der Waals surface area contributed by atoms with Gasteiger partial charge in [0, 0.05) is 11.8 Å². The highest BCUT2D eigenvalue weighted by Crippen LogP contribution is 2.14. The molecule has 0 aromatic heterocycles. The fourth-order valence-electron chi connectivity index (χ4n) is 1.25. The van der Waals surface area contributed by atoms with Crippen LogP contribution in [-0.4, -0.2) is 5.91 Å². The number of carbonyl (C=O) groups is 1. The summed E-state index contributed by atoms with van der Waals surface area (Å²) in [5, 5.41) is 20.2. The van der Waals surface area contributed by atoms with E-state index in [9.17, 15) is 4.79 Å². The van der Waals surface area contributed by atoms with Crippen LogP contribution in [0.2, 0.25) is 0 Å². The number of nitrogens with zero attached hydrogens (tertiary/aromatic N) is 2. The normalized spacial score (nSPS) is 10.2. The van der Waals surface area contributed by atoms with Gasteiger partial charge in [0.2, 0.25) is 5.91 Å². The van der Waals surface area contributed by atoms with Gasteiger partial charge >= 0.3 is 0 Å². The summed E-state index contributed by atoms with van der Waals surface area (Å²) in [6, 6.07) is 8.38. The SMILES string of the molecule is C/C=C/C=C/C(=O)Nc1ccc(C#N)c(C#N)c1. The molecule has 0 aliphatic heterocycles. The zero-order valence-electron chi connectivity index (χ0n) is 9.84. The summed E-state index contributed by atoms with van der Waals surface area (Å²) in [4.78, 5) is 11.5. The van der Waals surface area contributed by atoms with E-state index in [-0.39, 0.29) is 11.5 Å². The number of carbonyl (C=O) groups excluding carboxylic acids is 1. The average molecular weight is 237 g/mol. The molecule has 0 aliphatic rings. The van der Waals surface area contributed by atoms with Crippen LogP contribution in [0.5, 0.6) is 0 Å². The van der Waals surface area contributed by atoms with Crippen LogP contribution in [-0.2, 0) is 4.79 Å². The van der Waals surface area contributed by atoms with Gasteiger partial charge in [-0.2, -0.15) is 10.5 Å². The predicted molar refractivity (Wildman–Crippen MR) is 68.5 cm³/mol. The Morgan fingerprint density at radius 1 is 1.22 bits per heavy atom. The minimum Gasteiger partial charge on any atom is -0.322 e. The number of rotatable bonds is 3. The first-order chi connectivity index (χ1) is 8.71. The lowest BCUT2D eigenvalue weighted by Crippen LogP contribution is -2.07. The van der Waals surface area contributed by atoms with Gasteiger partial charge in [0.1, 0.15) is 12.1 Å². The van der Waals surface area contributed by atoms with Crippen molar-refractivity contribution in [3.05, 3.63) is 53.6 Å². The van der Waals surface area contributed by atoms with Crippen LogP contribution >= 0.6 is 0 Å². The third-order valence-electron chi connectivity index (χ3n) is 2.08. The molecule has 1 N–H and O–H groups in total. The van der Waals surface area contributed by atoms with Crippen LogP contribution in [0.25, 0.3) is 0 Å². The van der Waals surface area contributed by atoms with Crippen molar-refractivity contribution in [1.29, 1.82) is 10.5 Å². The molecule has 0 unspecified atom stereocenters. The van der Waals surface area contributed by atoms with Gasteiger partial charge in [0.15, 0.2) is 0 Å². The van der Waals surface area contributed by atoms with Gasteiger partial charge in [-0.25, -0.2) is 0 Å². The highest BCUT2D eigenvalue weighted by Gasteiger charge is 2.04. The molecule has 0 radical (unpaired) electrons. The van der Waals surface area contributed by atoms with Gasteiger partial charge < -0.3 is 5.32 Å². The Kier molecular flexibility index (Phi) is 4.90. The second kappa shape index (κ2) is 6.67. The molecule has 0 bridgehead atoms. The Bertz CT molecular complexity index is 586. The number of benzene rings is 1. The molecule has 0 fully saturated rings. The Labute approximate surface area is 105 Å². The first-order valence-electron chi connectivity index (χ1n) is 5.26. The standard InChI is InChI=1S/C14H11N3O/c1-2-3-4-5-14(18)17-13-7-6-11(9-15)12(8-13)10-16/h2-8H,1H3,(H,17,18)/b3-2+,5-4+. The summed E-state index contributed by atoms with van der Waals surface area (Å²) >= 11 is 0. The second-order valence-electron chi connectivity index (χ2n) is 3.36. The summed E-state index contributed by atoms with van der Waals surface area (Å²) in [7, 11) is 0. The first kappa shape index (κ1) is 13.2.